The number of rotatable bonds is 8. The van der Waals surface area contributed by atoms with Crippen molar-refractivity contribution in [1.29, 1.82) is 0 Å². The molecular formula is C24H22Cl2N4O4S3. The van der Waals surface area contributed by atoms with Crippen LogP contribution in [0.1, 0.15) is 30.0 Å². The van der Waals surface area contributed by atoms with Crippen LogP contribution in [0, 0.1) is 6.92 Å². The fourth-order valence-electron chi connectivity index (χ4n) is 3.63. The number of carbonyl (C=O) groups is 1. The molecule has 2 N–H and O–H groups in total. The zero-order chi connectivity index (χ0) is 27.1. The summed E-state index contributed by atoms with van der Waals surface area (Å²) in [6.45, 7) is 5.84. The predicted octanol–water partition coefficient (Wildman–Crippen LogP) is 6.85. The lowest BCUT2D eigenvalue weighted by Gasteiger charge is -2.07. The van der Waals surface area contributed by atoms with Gasteiger partial charge in [0.1, 0.15) is 0 Å². The van der Waals surface area contributed by atoms with Gasteiger partial charge < -0.3 is 5.11 Å². The summed E-state index contributed by atoms with van der Waals surface area (Å²) in [5, 5.41) is 16.2. The highest BCUT2D eigenvalue weighted by molar-refractivity contribution is 8.01. The number of benzene rings is 2. The molecule has 0 saturated carbocycles. The molecule has 2 aromatic carbocycles. The Bertz CT molecular complexity index is 1600. The van der Waals surface area contributed by atoms with Crippen LogP contribution in [0.25, 0.3) is 27.5 Å². The van der Waals surface area contributed by atoms with Gasteiger partial charge in [-0.3, -0.25) is 4.72 Å². The summed E-state index contributed by atoms with van der Waals surface area (Å²) >= 11 is 15.3. The molecule has 37 heavy (non-hydrogen) atoms. The molecule has 0 fully saturated rings. The second-order valence-electron chi connectivity index (χ2n) is 8.41. The average Bonchev–Trinajstić information content (AvgIpc) is 3.36. The molecule has 8 nitrogen and oxygen atoms in total. The number of carboxylic acids is 1. The highest BCUT2D eigenvalue weighted by Crippen LogP contribution is 2.42. The number of thiazole rings is 1. The lowest BCUT2D eigenvalue weighted by atomic mass is 10.0. The lowest BCUT2D eigenvalue weighted by molar-refractivity contribution is 0.0688. The summed E-state index contributed by atoms with van der Waals surface area (Å²) in [5.41, 5.74) is 3.24. The van der Waals surface area contributed by atoms with E-state index in [2.05, 4.69) is 23.7 Å². The van der Waals surface area contributed by atoms with Gasteiger partial charge in [0.2, 0.25) is 15.2 Å². The van der Waals surface area contributed by atoms with E-state index < -0.39 is 16.0 Å². The van der Waals surface area contributed by atoms with Crippen molar-refractivity contribution >= 4 is 68.0 Å². The maximum absolute atomic E-state index is 12.5. The number of thioether (sulfide) groups is 1. The zero-order valence-electron chi connectivity index (χ0n) is 20.1. The number of carboxylic acid groups (broad SMARTS) is 1. The van der Waals surface area contributed by atoms with E-state index >= 15 is 0 Å². The third-order valence-electron chi connectivity index (χ3n) is 5.04. The second kappa shape index (κ2) is 10.7. The summed E-state index contributed by atoms with van der Waals surface area (Å²) in [6, 6.07) is 11.7. The molecule has 4 rings (SSSR count). The van der Waals surface area contributed by atoms with Crippen LogP contribution in [-0.2, 0) is 10.0 Å². The smallest absolute Gasteiger partial charge is 0.355 e. The maximum atomic E-state index is 12.5. The Hall–Kier alpha value is -2.57. The van der Waals surface area contributed by atoms with Gasteiger partial charge in [-0.15, -0.1) is 11.8 Å². The van der Waals surface area contributed by atoms with Gasteiger partial charge in [-0.05, 0) is 36.8 Å². The number of anilines is 1. The Kier molecular flexibility index (Phi) is 7.91. The van der Waals surface area contributed by atoms with Crippen LogP contribution in [0.2, 0.25) is 10.0 Å². The minimum atomic E-state index is -3.44. The summed E-state index contributed by atoms with van der Waals surface area (Å²) in [4.78, 5) is 17.2. The number of nitrogens with one attached hydrogen (secondary N) is 1. The molecule has 0 aliphatic heterocycles. The van der Waals surface area contributed by atoms with Gasteiger partial charge in [-0.2, -0.15) is 9.78 Å². The van der Waals surface area contributed by atoms with Crippen LogP contribution in [0.4, 0.5) is 5.69 Å². The van der Waals surface area contributed by atoms with Crippen LogP contribution >= 0.6 is 46.3 Å². The number of nitrogens with zero attached hydrogens (tertiary/aromatic N) is 3. The van der Waals surface area contributed by atoms with Crippen molar-refractivity contribution in [1.82, 2.24) is 14.8 Å². The lowest BCUT2D eigenvalue weighted by Crippen LogP contribution is -2.10. The van der Waals surface area contributed by atoms with Gasteiger partial charge in [-0.1, -0.05) is 66.6 Å². The molecule has 4 aromatic rings. The minimum Gasteiger partial charge on any atom is -0.476 e. The van der Waals surface area contributed by atoms with Gasteiger partial charge in [0.05, 0.1) is 31.9 Å². The minimum absolute atomic E-state index is 0.0446. The first-order valence-electron chi connectivity index (χ1n) is 10.9. The zero-order valence-corrected chi connectivity index (χ0v) is 24.1. The number of halogens is 2. The highest BCUT2D eigenvalue weighted by Gasteiger charge is 2.27. The summed E-state index contributed by atoms with van der Waals surface area (Å²) in [5.74, 6) is -1.17. The highest BCUT2D eigenvalue weighted by atomic mass is 35.5. The molecule has 2 heterocycles. The van der Waals surface area contributed by atoms with Crippen LogP contribution in [0.3, 0.4) is 0 Å². The number of aromatic nitrogens is 3. The first kappa shape index (κ1) is 27.5. The second-order valence-corrected chi connectivity index (χ2v) is 13.8. The van der Waals surface area contributed by atoms with E-state index in [1.54, 1.807) is 55.1 Å². The van der Waals surface area contributed by atoms with E-state index in [0.717, 1.165) is 16.0 Å². The van der Waals surface area contributed by atoms with Crippen molar-refractivity contribution in [2.24, 2.45) is 0 Å². The quantitative estimate of drug-likeness (QED) is 0.214. The standard InChI is InChI=1S/C24H22Cl2N4O4S3/c1-12(2)35-23-20(15-7-10-17(25)18(26)11-15)27-24(36-23)30-21(22(31)32)19(13(3)28-30)14-5-8-16(9-6-14)29-37(4,33)34/h5-12,29H,1-4H3,(H,31,32). The van der Waals surface area contributed by atoms with E-state index in [1.165, 1.54) is 16.0 Å². The van der Waals surface area contributed by atoms with E-state index in [0.29, 0.717) is 43.4 Å². The number of aromatic carboxylic acids is 1. The molecule has 0 bridgehead atoms. The van der Waals surface area contributed by atoms with E-state index in [1.807, 2.05) is 6.07 Å². The third kappa shape index (κ3) is 6.12. The molecule has 2 aromatic heterocycles. The molecule has 0 spiro atoms. The van der Waals surface area contributed by atoms with Gasteiger partial charge in [0.25, 0.3) is 0 Å². The van der Waals surface area contributed by atoms with Gasteiger partial charge in [0, 0.05) is 22.1 Å². The number of sulfonamides is 1. The summed E-state index contributed by atoms with van der Waals surface area (Å²) in [6.07, 6.45) is 1.06. The molecule has 194 valence electrons. The maximum Gasteiger partial charge on any atom is 0.355 e. The first-order valence-corrected chi connectivity index (χ1v) is 15.2. The number of hydrogen-bond acceptors (Lipinski definition) is 7. The van der Waals surface area contributed by atoms with Gasteiger partial charge in [-0.25, -0.2) is 18.2 Å². The van der Waals surface area contributed by atoms with Crippen LogP contribution < -0.4 is 4.72 Å². The number of hydrogen-bond donors (Lipinski definition) is 2. The predicted molar refractivity (Wildman–Crippen MR) is 151 cm³/mol. The summed E-state index contributed by atoms with van der Waals surface area (Å²) in [7, 11) is -3.44. The molecule has 0 saturated heterocycles. The Morgan fingerprint density at radius 2 is 1.76 bits per heavy atom. The van der Waals surface area contributed by atoms with Crippen molar-refractivity contribution in [3.05, 3.63) is 63.9 Å². The molecular weight excluding hydrogens is 575 g/mol. The molecule has 0 amide bonds. The topological polar surface area (TPSA) is 114 Å². The van der Waals surface area contributed by atoms with Crippen molar-refractivity contribution in [3.8, 4) is 27.5 Å². The fraction of sp³-hybridized carbons (Fsp3) is 0.208. The van der Waals surface area contributed by atoms with Crippen LogP contribution in [-0.4, -0.2) is 45.8 Å². The Balaban J connectivity index is 1.85. The van der Waals surface area contributed by atoms with Crippen molar-refractivity contribution < 1.29 is 18.3 Å². The molecule has 0 atom stereocenters. The van der Waals surface area contributed by atoms with Gasteiger partial charge >= 0.3 is 5.97 Å². The Labute approximate surface area is 232 Å². The Morgan fingerprint density at radius 1 is 1.11 bits per heavy atom. The number of aryl methyl sites for hydroxylation is 1. The van der Waals surface area contributed by atoms with Crippen molar-refractivity contribution in [3.63, 3.8) is 0 Å². The molecule has 13 heteroatoms. The average molecular weight is 598 g/mol. The van der Waals surface area contributed by atoms with Gasteiger partial charge in [0.15, 0.2) is 5.69 Å². The van der Waals surface area contributed by atoms with Crippen LogP contribution in [0.5, 0.6) is 0 Å². The largest absolute Gasteiger partial charge is 0.476 e. The first-order chi connectivity index (χ1) is 17.3. The fourth-order valence-corrected chi connectivity index (χ4v) is 6.97. The van der Waals surface area contributed by atoms with Crippen molar-refractivity contribution in [2.45, 2.75) is 30.2 Å². The monoisotopic (exact) mass is 596 g/mol. The third-order valence-corrected chi connectivity index (χ3v) is 8.63. The van der Waals surface area contributed by atoms with E-state index in [-0.39, 0.29) is 10.9 Å². The molecule has 0 aliphatic rings. The molecule has 0 unspecified atom stereocenters. The van der Waals surface area contributed by atoms with E-state index in [4.69, 9.17) is 28.2 Å². The molecule has 0 radical (unpaired) electrons. The summed E-state index contributed by atoms with van der Waals surface area (Å²) < 4.78 is 27.7. The van der Waals surface area contributed by atoms with Crippen molar-refractivity contribution in [2.75, 3.05) is 11.0 Å². The van der Waals surface area contributed by atoms with Crippen LogP contribution in [0.15, 0.2) is 46.7 Å². The molecule has 0 aliphatic carbocycles. The SMILES string of the molecule is Cc1nn(-c2nc(-c3ccc(Cl)c(Cl)c3)c(SC(C)C)s2)c(C(=O)O)c1-c1ccc(NS(C)(=O)=O)cc1. The normalized spacial score (nSPS) is 11.8. The Morgan fingerprint density at radius 3 is 2.32 bits per heavy atom. The van der Waals surface area contributed by atoms with E-state index in [9.17, 15) is 18.3 Å².